The lowest BCUT2D eigenvalue weighted by molar-refractivity contribution is -0.133. The van der Waals surface area contributed by atoms with Gasteiger partial charge in [0.1, 0.15) is 0 Å². The van der Waals surface area contributed by atoms with Gasteiger partial charge < -0.3 is 5.11 Å². The Bertz CT molecular complexity index is 738. The minimum absolute atomic E-state index is 0.169. The first-order valence-electron chi connectivity index (χ1n) is 5.79. The van der Waals surface area contributed by atoms with E-state index < -0.39 is 11.5 Å². The molecule has 0 aliphatic heterocycles. The van der Waals surface area contributed by atoms with Crippen LogP contribution >= 0.6 is 43.6 Å². The van der Waals surface area contributed by atoms with Crippen molar-refractivity contribution in [2.24, 2.45) is 0 Å². The Kier molecular flexibility index (Phi) is 5.23. The predicted molar refractivity (Wildman–Crippen MR) is 88.3 cm³/mol. The molecule has 0 aliphatic carbocycles. The van der Waals surface area contributed by atoms with Crippen LogP contribution in [0.5, 0.6) is 0 Å². The molecule has 1 aromatic carbocycles. The first kappa shape index (κ1) is 16.3. The molecule has 1 heterocycles. The lowest BCUT2D eigenvalue weighted by Gasteiger charge is -2.15. The zero-order chi connectivity index (χ0) is 15.6. The normalized spacial score (nSPS) is 10.6. The van der Waals surface area contributed by atoms with Crippen LogP contribution in [0.4, 0.5) is 0 Å². The largest absolute Gasteiger partial charge is 0.481 e. The maximum Gasteiger partial charge on any atom is 0.313 e. The number of nitrogens with zero attached hydrogens (tertiary/aromatic N) is 2. The van der Waals surface area contributed by atoms with Gasteiger partial charge in [0.2, 0.25) is 0 Å². The number of carboxylic acid groups (broad SMARTS) is 1. The number of halogens is 2. The summed E-state index contributed by atoms with van der Waals surface area (Å²) < 4.78 is 3.32. The molecule has 0 fully saturated rings. The maximum absolute atomic E-state index is 11.4. The standard InChI is InChI=1S/C13H10Br2N2O3S/c1-7-4-8(14)12(9(15)5-7)17-3-2-10(18)16-13(17)21-6-11(19)20/h2-5H,6H2,1H3,(H,19,20). The summed E-state index contributed by atoms with van der Waals surface area (Å²) in [5, 5.41) is 9.13. The van der Waals surface area contributed by atoms with E-state index in [1.807, 2.05) is 19.1 Å². The van der Waals surface area contributed by atoms with Gasteiger partial charge in [-0.1, -0.05) is 11.8 Å². The predicted octanol–water partition coefficient (Wildman–Crippen LogP) is 3.24. The molecule has 0 bridgehead atoms. The molecule has 0 aliphatic rings. The number of thioether (sulfide) groups is 1. The third-order valence-electron chi connectivity index (χ3n) is 2.50. The molecule has 0 spiro atoms. The molecule has 1 N–H and O–H groups in total. The number of hydrogen-bond donors (Lipinski definition) is 1. The van der Waals surface area contributed by atoms with Crippen molar-refractivity contribution in [1.82, 2.24) is 9.55 Å². The second kappa shape index (κ2) is 6.76. The van der Waals surface area contributed by atoms with Crippen LogP contribution in [0.25, 0.3) is 5.69 Å². The number of aromatic nitrogens is 2. The second-order valence-corrected chi connectivity index (χ2v) is 6.83. The Morgan fingerprint density at radius 3 is 2.57 bits per heavy atom. The van der Waals surface area contributed by atoms with E-state index in [1.54, 1.807) is 10.8 Å². The topological polar surface area (TPSA) is 72.2 Å². The minimum atomic E-state index is -0.966. The van der Waals surface area contributed by atoms with Crippen molar-refractivity contribution in [1.29, 1.82) is 0 Å². The molecular weight excluding hydrogens is 424 g/mol. The van der Waals surface area contributed by atoms with E-state index in [1.165, 1.54) is 6.07 Å². The molecule has 5 nitrogen and oxygen atoms in total. The SMILES string of the molecule is Cc1cc(Br)c(-n2ccc(=O)nc2SCC(=O)O)c(Br)c1. The van der Waals surface area contributed by atoms with E-state index >= 15 is 0 Å². The number of aliphatic carboxylic acids is 1. The quantitative estimate of drug-likeness (QED) is 0.591. The third kappa shape index (κ3) is 3.96. The van der Waals surface area contributed by atoms with Gasteiger partial charge in [-0.3, -0.25) is 14.2 Å². The molecule has 21 heavy (non-hydrogen) atoms. The van der Waals surface area contributed by atoms with Gasteiger partial charge in [-0.25, -0.2) is 0 Å². The van der Waals surface area contributed by atoms with E-state index in [4.69, 9.17) is 5.11 Å². The van der Waals surface area contributed by atoms with Crippen molar-refractivity contribution in [3.05, 3.63) is 49.3 Å². The molecule has 2 aromatic rings. The second-order valence-electron chi connectivity index (χ2n) is 4.18. The summed E-state index contributed by atoms with van der Waals surface area (Å²) in [6.07, 6.45) is 1.58. The fourth-order valence-electron chi connectivity index (χ4n) is 1.71. The molecular formula is C13H10Br2N2O3S. The number of carboxylic acids is 1. The van der Waals surface area contributed by atoms with Crippen molar-refractivity contribution < 1.29 is 9.90 Å². The molecule has 8 heteroatoms. The van der Waals surface area contributed by atoms with Crippen LogP contribution in [0.3, 0.4) is 0 Å². The number of benzene rings is 1. The lowest BCUT2D eigenvalue weighted by Crippen LogP contribution is -2.14. The van der Waals surface area contributed by atoms with Gasteiger partial charge in [0.05, 0.1) is 11.4 Å². The molecule has 2 rings (SSSR count). The van der Waals surface area contributed by atoms with Gasteiger partial charge in [-0.15, -0.1) is 0 Å². The van der Waals surface area contributed by atoms with E-state index in [0.717, 1.165) is 32.0 Å². The highest BCUT2D eigenvalue weighted by Crippen LogP contribution is 2.32. The minimum Gasteiger partial charge on any atom is -0.481 e. The van der Waals surface area contributed by atoms with Crippen molar-refractivity contribution in [2.45, 2.75) is 12.1 Å². The first-order chi connectivity index (χ1) is 9.88. The smallest absolute Gasteiger partial charge is 0.313 e. The van der Waals surface area contributed by atoms with E-state index in [-0.39, 0.29) is 5.75 Å². The highest BCUT2D eigenvalue weighted by atomic mass is 79.9. The highest BCUT2D eigenvalue weighted by molar-refractivity contribution is 9.11. The monoisotopic (exact) mass is 432 g/mol. The van der Waals surface area contributed by atoms with E-state index in [9.17, 15) is 9.59 Å². The van der Waals surface area contributed by atoms with Gasteiger partial charge in [0.25, 0.3) is 5.56 Å². The summed E-state index contributed by atoms with van der Waals surface area (Å²) in [5.41, 5.74) is 1.42. The Morgan fingerprint density at radius 2 is 2.00 bits per heavy atom. The fraction of sp³-hybridized carbons (Fsp3) is 0.154. The molecule has 0 atom stereocenters. The number of rotatable bonds is 4. The lowest BCUT2D eigenvalue weighted by atomic mass is 10.2. The Labute approximate surface area is 141 Å². The Hall–Kier alpha value is -1.12. The summed E-state index contributed by atoms with van der Waals surface area (Å²) >= 11 is 7.97. The van der Waals surface area contributed by atoms with Crippen LogP contribution in [0.15, 0.2) is 43.3 Å². The number of aryl methyl sites for hydroxylation is 1. The van der Waals surface area contributed by atoms with Crippen LogP contribution in [-0.2, 0) is 4.79 Å². The Balaban J connectivity index is 2.58. The summed E-state index contributed by atoms with van der Waals surface area (Å²) in [5.74, 6) is -1.14. The van der Waals surface area contributed by atoms with Crippen molar-refractivity contribution in [3.63, 3.8) is 0 Å². The highest BCUT2D eigenvalue weighted by Gasteiger charge is 2.14. The van der Waals surface area contributed by atoms with Crippen LogP contribution in [0.1, 0.15) is 5.56 Å². The summed E-state index contributed by atoms with van der Waals surface area (Å²) in [6.45, 7) is 1.96. The maximum atomic E-state index is 11.4. The molecule has 0 amide bonds. The van der Waals surface area contributed by atoms with Gasteiger partial charge in [0.15, 0.2) is 5.16 Å². The number of carbonyl (C=O) groups is 1. The van der Waals surface area contributed by atoms with Gasteiger partial charge in [0, 0.05) is 21.2 Å². The van der Waals surface area contributed by atoms with Crippen molar-refractivity contribution in [2.75, 3.05) is 5.75 Å². The van der Waals surface area contributed by atoms with Crippen LogP contribution < -0.4 is 5.56 Å². The average molecular weight is 434 g/mol. The molecule has 0 unspecified atom stereocenters. The molecule has 0 saturated heterocycles. The fourth-order valence-corrected chi connectivity index (χ4v) is 4.20. The number of hydrogen-bond acceptors (Lipinski definition) is 4. The van der Waals surface area contributed by atoms with E-state index in [0.29, 0.717) is 5.16 Å². The van der Waals surface area contributed by atoms with Gasteiger partial charge in [-0.2, -0.15) is 4.98 Å². The van der Waals surface area contributed by atoms with Crippen LogP contribution in [0, 0.1) is 6.92 Å². The molecule has 0 saturated carbocycles. The molecule has 110 valence electrons. The zero-order valence-electron chi connectivity index (χ0n) is 10.8. The summed E-state index contributed by atoms with van der Waals surface area (Å²) in [4.78, 5) is 26.1. The first-order valence-corrected chi connectivity index (χ1v) is 8.36. The Morgan fingerprint density at radius 1 is 1.38 bits per heavy atom. The summed E-state index contributed by atoms with van der Waals surface area (Å²) in [6, 6.07) is 5.21. The van der Waals surface area contributed by atoms with Crippen molar-refractivity contribution in [3.8, 4) is 5.69 Å². The van der Waals surface area contributed by atoms with E-state index in [2.05, 4.69) is 36.8 Å². The third-order valence-corrected chi connectivity index (χ3v) is 4.65. The molecule has 0 radical (unpaired) electrons. The average Bonchev–Trinajstić information content (AvgIpc) is 2.37. The van der Waals surface area contributed by atoms with Gasteiger partial charge in [-0.05, 0) is 56.5 Å². The molecule has 1 aromatic heterocycles. The van der Waals surface area contributed by atoms with Gasteiger partial charge >= 0.3 is 5.97 Å². The zero-order valence-corrected chi connectivity index (χ0v) is 14.8. The summed E-state index contributed by atoms with van der Waals surface area (Å²) in [7, 11) is 0. The van der Waals surface area contributed by atoms with Crippen LogP contribution in [-0.4, -0.2) is 26.4 Å². The van der Waals surface area contributed by atoms with Crippen LogP contribution in [0.2, 0.25) is 0 Å². The van der Waals surface area contributed by atoms with Crippen molar-refractivity contribution >= 4 is 49.6 Å².